The summed E-state index contributed by atoms with van der Waals surface area (Å²) in [6.07, 6.45) is 3.18. The predicted molar refractivity (Wildman–Crippen MR) is 102 cm³/mol. The van der Waals surface area contributed by atoms with E-state index in [1.54, 1.807) is 0 Å². The minimum Gasteiger partial charge on any atom is -0.478 e. The Hall–Kier alpha value is -2.98. The van der Waals surface area contributed by atoms with E-state index in [2.05, 4.69) is 0 Å². The summed E-state index contributed by atoms with van der Waals surface area (Å²) in [4.78, 5) is 43.4. The molecule has 1 aromatic rings. The lowest BCUT2D eigenvalue weighted by Gasteiger charge is -2.19. The molecule has 1 aromatic carbocycles. The van der Waals surface area contributed by atoms with Gasteiger partial charge in [-0.25, -0.2) is 14.4 Å². The average Bonchev–Trinajstić information content (AvgIpc) is 2.69. The zero-order chi connectivity index (χ0) is 22.6. The first-order chi connectivity index (χ1) is 14.1. The molecule has 166 valence electrons. The van der Waals surface area contributed by atoms with Crippen LogP contribution in [-0.4, -0.2) is 63.3 Å². The van der Waals surface area contributed by atoms with E-state index in [0.29, 0.717) is 13.0 Å². The van der Waals surface area contributed by atoms with Gasteiger partial charge in [0.25, 0.3) is 5.79 Å². The van der Waals surface area contributed by atoms with Crippen molar-refractivity contribution in [2.24, 2.45) is 0 Å². The van der Waals surface area contributed by atoms with Gasteiger partial charge in [0.2, 0.25) is 0 Å². The normalized spacial score (nSPS) is 17.9. The Morgan fingerprint density at radius 2 is 1.37 bits per heavy atom. The van der Waals surface area contributed by atoms with E-state index >= 15 is 0 Å². The number of carbonyl (C=O) groups is 4. The maximum atomic E-state index is 11.3. The van der Waals surface area contributed by atoms with Crippen molar-refractivity contribution >= 4 is 23.9 Å². The minimum absolute atomic E-state index is 0.0186. The lowest BCUT2D eigenvalue weighted by molar-refractivity contribution is -0.212. The van der Waals surface area contributed by atoms with Crippen LogP contribution in [0.25, 0.3) is 0 Å². The molecule has 0 saturated carbocycles. The highest BCUT2D eigenvalue weighted by Gasteiger charge is 2.34. The van der Waals surface area contributed by atoms with Gasteiger partial charge in [0.05, 0.1) is 24.3 Å². The number of aromatic carboxylic acids is 2. The average molecular weight is 426 g/mol. The Labute approximate surface area is 173 Å². The van der Waals surface area contributed by atoms with Crippen molar-refractivity contribution in [2.45, 2.75) is 50.7 Å². The molecule has 1 aliphatic rings. The van der Waals surface area contributed by atoms with E-state index in [-0.39, 0.29) is 43.0 Å². The fourth-order valence-corrected chi connectivity index (χ4v) is 2.46. The largest absolute Gasteiger partial charge is 0.478 e. The second kappa shape index (κ2) is 12.6. The van der Waals surface area contributed by atoms with E-state index in [4.69, 9.17) is 19.7 Å². The molecule has 1 heterocycles. The highest BCUT2D eigenvalue weighted by atomic mass is 16.6. The molecular weight excluding hydrogens is 400 g/mol. The molecule has 4 N–H and O–H groups in total. The van der Waals surface area contributed by atoms with Gasteiger partial charge in [-0.3, -0.25) is 4.79 Å². The maximum Gasteiger partial charge on any atom is 0.366 e. The molecule has 0 atom stereocenters. The molecule has 2 rings (SSSR count). The number of benzene rings is 1. The van der Waals surface area contributed by atoms with E-state index in [1.165, 1.54) is 18.2 Å². The predicted octanol–water partition coefficient (Wildman–Crippen LogP) is 1.58. The molecule has 30 heavy (non-hydrogen) atoms. The summed E-state index contributed by atoms with van der Waals surface area (Å²) in [5.41, 5.74) is -0.0372. The lowest BCUT2D eigenvalue weighted by atomic mass is 10.1. The first-order valence-corrected chi connectivity index (χ1v) is 9.47. The van der Waals surface area contributed by atoms with Gasteiger partial charge in [0.15, 0.2) is 0 Å². The van der Waals surface area contributed by atoms with Crippen LogP contribution in [0.5, 0.6) is 0 Å². The second-order valence-corrected chi connectivity index (χ2v) is 6.63. The van der Waals surface area contributed by atoms with Gasteiger partial charge in [-0.15, -0.1) is 0 Å². The number of carboxylic acids is 2. The number of esters is 2. The Balaban J connectivity index is 0.000000325. The number of ether oxygens (including phenoxy) is 2. The number of rotatable bonds is 2. The van der Waals surface area contributed by atoms with Crippen molar-refractivity contribution in [2.75, 3.05) is 13.2 Å². The molecule has 10 heteroatoms. The highest BCUT2D eigenvalue weighted by molar-refractivity contribution is 5.93. The summed E-state index contributed by atoms with van der Waals surface area (Å²) in [5.74, 6) is -6.19. The van der Waals surface area contributed by atoms with Crippen LogP contribution in [-0.2, 0) is 19.1 Å². The first kappa shape index (κ1) is 25.1. The Bertz CT molecular complexity index is 712. The molecule has 0 aliphatic carbocycles. The van der Waals surface area contributed by atoms with Gasteiger partial charge in [0.1, 0.15) is 0 Å². The zero-order valence-electron chi connectivity index (χ0n) is 16.4. The van der Waals surface area contributed by atoms with Crippen LogP contribution in [0, 0.1) is 0 Å². The topological polar surface area (TPSA) is 168 Å². The summed E-state index contributed by atoms with van der Waals surface area (Å²) >= 11 is 0. The van der Waals surface area contributed by atoms with Gasteiger partial charge >= 0.3 is 23.9 Å². The van der Waals surface area contributed by atoms with Gasteiger partial charge in [-0.1, -0.05) is 6.07 Å². The van der Waals surface area contributed by atoms with Gasteiger partial charge < -0.3 is 29.9 Å². The molecule has 1 saturated heterocycles. The summed E-state index contributed by atoms with van der Waals surface area (Å²) in [7, 11) is 0. The molecule has 1 aliphatic heterocycles. The van der Waals surface area contributed by atoms with Crippen LogP contribution in [0.15, 0.2) is 24.3 Å². The van der Waals surface area contributed by atoms with Crippen molar-refractivity contribution in [3.8, 4) is 0 Å². The van der Waals surface area contributed by atoms with Gasteiger partial charge in [-0.2, -0.15) is 0 Å². The molecule has 0 spiro atoms. The molecule has 0 amide bonds. The number of carboxylic acid groups (broad SMARTS) is 2. The fraction of sp³-hybridized carbons (Fsp3) is 0.500. The first-order valence-electron chi connectivity index (χ1n) is 9.47. The van der Waals surface area contributed by atoms with Crippen molar-refractivity contribution in [3.63, 3.8) is 0 Å². The number of carbonyl (C=O) groups excluding carboxylic acids is 2. The van der Waals surface area contributed by atoms with Crippen molar-refractivity contribution in [1.82, 2.24) is 0 Å². The van der Waals surface area contributed by atoms with Crippen molar-refractivity contribution < 1.29 is 49.1 Å². The molecule has 0 unspecified atom stereocenters. The Morgan fingerprint density at radius 3 is 1.90 bits per heavy atom. The Morgan fingerprint density at radius 1 is 0.833 bits per heavy atom. The minimum atomic E-state index is -2.51. The van der Waals surface area contributed by atoms with E-state index in [0.717, 1.165) is 25.3 Å². The van der Waals surface area contributed by atoms with Gasteiger partial charge in [0, 0.05) is 12.8 Å². The van der Waals surface area contributed by atoms with Crippen LogP contribution in [0.1, 0.15) is 65.7 Å². The van der Waals surface area contributed by atoms with Crippen LogP contribution < -0.4 is 0 Å². The summed E-state index contributed by atoms with van der Waals surface area (Å²) < 4.78 is 9.74. The number of hydrogen-bond acceptors (Lipinski definition) is 8. The van der Waals surface area contributed by atoms with Crippen LogP contribution in [0.3, 0.4) is 0 Å². The van der Waals surface area contributed by atoms with E-state index in [9.17, 15) is 29.4 Å². The Kier molecular flexibility index (Phi) is 10.5. The molecule has 10 nitrogen and oxygen atoms in total. The quantitative estimate of drug-likeness (QED) is 0.402. The lowest BCUT2D eigenvalue weighted by Crippen LogP contribution is -2.40. The number of aliphatic hydroxyl groups is 2. The van der Waals surface area contributed by atoms with E-state index < -0.39 is 23.7 Å². The van der Waals surface area contributed by atoms with Crippen LogP contribution in [0.4, 0.5) is 0 Å². The third-order valence-corrected chi connectivity index (χ3v) is 4.12. The molecular formula is C20H26O10. The summed E-state index contributed by atoms with van der Waals surface area (Å²) in [5, 5.41) is 35.9. The van der Waals surface area contributed by atoms with Gasteiger partial charge in [-0.05, 0) is 50.3 Å². The second-order valence-electron chi connectivity index (χ2n) is 6.63. The highest BCUT2D eigenvalue weighted by Crippen LogP contribution is 2.15. The van der Waals surface area contributed by atoms with Crippen LogP contribution in [0.2, 0.25) is 0 Å². The molecule has 0 radical (unpaired) electrons. The van der Waals surface area contributed by atoms with Crippen molar-refractivity contribution in [1.29, 1.82) is 0 Å². The van der Waals surface area contributed by atoms with Crippen molar-refractivity contribution in [3.05, 3.63) is 35.4 Å². The zero-order valence-corrected chi connectivity index (χ0v) is 16.4. The smallest absolute Gasteiger partial charge is 0.366 e. The molecule has 1 fully saturated rings. The van der Waals surface area contributed by atoms with E-state index in [1.807, 2.05) is 0 Å². The maximum absolute atomic E-state index is 11.3. The SMILES string of the molecule is O=C(O)c1cccc(C(=O)O)c1.O=C1CCCC(O)(O)C(=O)OCCCCCCO1. The third-order valence-electron chi connectivity index (χ3n) is 4.12. The molecule has 0 bridgehead atoms. The number of cyclic esters (lactones) is 2. The van der Waals surface area contributed by atoms with Crippen LogP contribution >= 0.6 is 0 Å². The fourth-order valence-electron chi connectivity index (χ4n) is 2.46. The third kappa shape index (κ3) is 9.48. The standard InChI is InChI=1S/C12H20O6.C8H6O4/c13-10-6-5-7-12(15,16)11(14)18-9-4-2-1-3-8-17-10;9-7(10)5-2-1-3-6(4-5)8(11)12/h15-16H,1-9H2;1-4H,(H,9,10)(H,11,12). The summed E-state index contributed by atoms with van der Waals surface area (Å²) in [6, 6.07) is 5.20. The number of hydrogen-bond donors (Lipinski definition) is 4. The molecule has 0 aromatic heterocycles. The summed E-state index contributed by atoms with van der Waals surface area (Å²) in [6.45, 7) is 0.573. The monoisotopic (exact) mass is 426 g/mol.